The van der Waals surface area contributed by atoms with Gasteiger partial charge in [0.1, 0.15) is 0 Å². The molecule has 0 atom stereocenters. The Balaban J connectivity index is 1.92. The molecule has 1 aromatic carbocycles. The Kier molecular flexibility index (Phi) is 4.99. The van der Waals surface area contributed by atoms with Gasteiger partial charge in [0, 0.05) is 33.7 Å². The van der Waals surface area contributed by atoms with Gasteiger partial charge >= 0.3 is 6.03 Å². The quantitative estimate of drug-likeness (QED) is 0.719. The Bertz CT molecular complexity index is 903. The molecule has 26 heavy (non-hydrogen) atoms. The van der Waals surface area contributed by atoms with E-state index < -0.39 is 6.03 Å². The van der Waals surface area contributed by atoms with Crippen LogP contribution in [0.4, 0.5) is 16.4 Å². The minimum absolute atomic E-state index is 0.190. The van der Waals surface area contributed by atoms with E-state index in [1.165, 1.54) is 4.90 Å². The summed E-state index contributed by atoms with van der Waals surface area (Å²) in [5.74, 6) is 0.300. The molecule has 0 aliphatic rings. The second kappa shape index (κ2) is 7.21. The van der Waals surface area contributed by atoms with E-state index in [0.717, 1.165) is 15.5 Å². The minimum atomic E-state index is -0.632. The number of hydrogen-bond acceptors (Lipinski definition) is 5. The van der Waals surface area contributed by atoms with Gasteiger partial charge in [0.05, 0.1) is 11.4 Å². The van der Waals surface area contributed by atoms with Crippen molar-refractivity contribution in [3.63, 3.8) is 0 Å². The Morgan fingerprint density at radius 2 is 1.85 bits per heavy atom. The number of amides is 2. The van der Waals surface area contributed by atoms with Crippen molar-refractivity contribution in [1.82, 2.24) is 10.1 Å². The van der Waals surface area contributed by atoms with Gasteiger partial charge in [0.2, 0.25) is 5.88 Å². The van der Waals surface area contributed by atoms with Gasteiger partial charge in [-0.2, -0.15) is 0 Å². The largest absolute Gasteiger partial charge is 0.351 e. The summed E-state index contributed by atoms with van der Waals surface area (Å²) in [6, 6.07) is 12.5. The van der Waals surface area contributed by atoms with Crippen LogP contribution in [0.25, 0.3) is 0 Å². The summed E-state index contributed by atoms with van der Waals surface area (Å²) in [6.45, 7) is 6.07. The molecular formula is C19H20N4O2S. The monoisotopic (exact) mass is 368 g/mol. The van der Waals surface area contributed by atoms with Crippen molar-refractivity contribution < 1.29 is 9.32 Å². The molecule has 0 saturated heterocycles. The fourth-order valence-corrected chi connectivity index (χ4v) is 3.17. The van der Waals surface area contributed by atoms with Crippen LogP contribution >= 0.6 is 11.8 Å². The molecule has 0 radical (unpaired) electrons. The summed E-state index contributed by atoms with van der Waals surface area (Å²) < 4.78 is 5.39. The fourth-order valence-electron chi connectivity index (χ4n) is 2.32. The lowest BCUT2D eigenvalue weighted by Crippen LogP contribution is -2.31. The predicted molar refractivity (Wildman–Crippen MR) is 102 cm³/mol. The van der Waals surface area contributed by atoms with Gasteiger partial charge in [-0.15, -0.1) is 0 Å². The van der Waals surface area contributed by atoms with Gasteiger partial charge in [-0.05, 0) is 30.3 Å². The zero-order valence-corrected chi connectivity index (χ0v) is 15.7. The SMILES string of the molecule is CC(C)(C)c1cc(N(C(N)=O)c2cccc(Sc3ccncc3)c2)on1. The first-order chi connectivity index (χ1) is 12.3. The molecule has 134 valence electrons. The molecule has 0 aliphatic carbocycles. The van der Waals surface area contributed by atoms with E-state index in [1.807, 2.05) is 51.1 Å². The van der Waals surface area contributed by atoms with Gasteiger partial charge in [0.15, 0.2) is 0 Å². The number of nitrogens with two attached hydrogens (primary N) is 1. The minimum Gasteiger partial charge on any atom is -0.351 e. The Morgan fingerprint density at radius 1 is 1.12 bits per heavy atom. The van der Waals surface area contributed by atoms with Crippen LogP contribution in [0, 0.1) is 0 Å². The lowest BCUT2D eigenvalue weighted by molar-refractivity contribution is 0.254. The Hall–Kier alpha value is -2.80. The molecular weight excluding hydrogens is 348 g/mol. The molecule has 2 heterocycles. The number of urea groups is 1. The number of anilines is 2. The van der Waals surface area contributed by atoms with Crippen LogP contribution in [0.2, 0.25) is 0 Å². The summed E-state index contributed by atoms with van der Waals surface area (Å²) in [4.78, 5) is 19.4. The van der Waals surface area contributed by atoms with E-state index in [2.05, 4.69) is 10.1 Å². The lowest BCUT2D eigenvalue weighted by Gasteiger charge is -2.17. The normalized spacial score (nSPS) is 11.3. The summed E-state index contributed by atoms with van der Waals surface area (Å²) in [6.07, 6.45) is 3.48. The van der Waals surface area contributed by atoms with Gasteiger partial charge < -0.3 is 10.3 Å². The lowest BCUT2D eigenvalue weighted by atomic mass is 9.92. The van der Waals surface area contributed by atoms with Crippen molar-refractivity contribution in [1.29, 1.82) is 0 Å². The van der Waals surface area contributed by atoms with Gasteiger partial charge in [-0.1, -0.05) is 43.8 Å². The van der Waals surface area contributed by atoms with Crippen LogP contribution in [-0.4, -0.2) is 16.2 Å². The third-order valence-corrected chi connectivity index (χ3v) is 4.67. The molecule has 6 nitrogen and oxygen atoms in total. The molecule has 0 aliphatic heterocycles. The number of benzene rings is 1. The van der Waals surface area contributed by atoms with Crippen LogP contribution in [0.5, 0.6) is 0 Å². The van der Waals surface area contributed by atoms with Gasteiger partial charge in [-0.25, -0.2) is 9.69 Å². The number of nitrogens with zero attached hydrogens (tertiary/aromatic N) is 3. The maximum absolute atomic E-state index is 12.1. The molecule has 0 saturated carbocycles. The van der Waals surface area contributed by atoms with Crippen LogP contribution in [0.15, 0.2) is 69.2 Å². The predicted octanol–water partition coefficient (Wildman–Crippen LogP) is 4.74. The van der Waals surface area contributed by atoms with Crippen LogP contribution in [0.1, 0.15) is 26.5 Å². The molecule has 2 N–H and O–H groups in total. The molecule has 0 spiro atoms. The van der Waals surface area contributed by atoms with E-state index in [4.69, 9.17) is 10.3 Å². The Labute approximate surface area is 156 Å². The van der Waals surface area contributed by atoms with Crippen molar-refractivity contribution in [2.75, 3.05) is 4.90 Å². The molecule has 2 amide bonds. The van der Waals surface area contributed by atoms with Crippen LogP contribution in [-0.2, 0) is 5.41 Å². The number of primary amides is 1. The Morgan fingerprint density at radius 3 is 2.46 bits per heavy atom. The first-order valence-corrected chi connectivity index (χ1v) is 8.91. The molecule has 0 unspecified atom stereocenters. The topological polar surface area (TPSA) is 85.2 Å². The van der Waals surface area contributed by atoms with Crippen molar-refractivity contribution in [3.05, 3.63) is 60.6 Å². The molecule has 7 heteroatoms. The maximum Gasteiger partial charge on any atom is 0.326 e. The zero-order chi connectivity index (χ0) is 18.7. The van der Waals surface area contributed by atoms with Crippen LogP contribution < -0.4 is 10.6 Å². The standard InChI is InChI=1S/C19H20N4O2S/c1-19(2,3)16-12-17(25-22-16)23(18(20)24)13-5-4-6-15(11-13)26-14-7-9-21-10-8-14/h4-12H,1-3H3,(H2,20,24). The second-order valence-corrected chi connectivity index (χ2v) is 7.90. The number of rotatable bonds is 4. The molecule has 0 bridgehead atoms. The third kappa shape index (κ3) is 4.05. The highest BCUT2D eigenvalue weighted by Crippen LogP contribution is 2.34. The van der Waals surface area contributed by atoms with E-state index in [1.54, 1.807) is 36.3 Å². The van der Waals surface area contributed by atoms with Crippen molar-refractivity contribution >= 4 is 29.4 Å². The summed E-state index contributed by atoms with van der Waals surface area (Å²) in [5, 5.41) is 4.07. The zero-order valence-electron chi connectivity index (χ0n) is 14.8. The summed E-state index contributed by atoms with van der Waals surface area (Å²) in [7, 11) is 0. The highest BCUT2D eigenvalue weighted by Gasteiger charge is 2.24. The molecule has 0 fully saturated rings. The number of aromatic nitrogens is 2. The third-order valence-electron chi connectivity index (χ3n) is 3.67. The average Bonchev–Trinajstić information content (AvgIpc) is 3.06. The van der Waals surface area contributed by atoms with E-state index in [0.29, 0.717) is 11.6 Å². The first-order valence-electron chi connectivity index (χ1n) is 8.09. The number of hydrogen-bond donors (Lipinski definition) is 1. The van der Waals surface area contributed by atoms with Crippen molar-refractivity contribution in [2.24, 2.45) is 5.73 Å². The second-order valence-electron chi connectivity index (χ2n) is 6.76. The van der Waals surface area contributed by atoms with E-state index in [-0.39, 0.29) is 5.41 Å². The summed E-state index contributed by atoms with van der Waals surface area (Å²) >= 11 is 1.57. The van der Waals surface area contributed by atoms with E-state index >= 15 is 0 Å². The van der Waals surface area contributed by atoms with Crippen molar-refractivity contribution in [2.45, 2.75) is 36.0 Å². The number of pyridine rings is 1. The molecule has 3 rings (SSSR count). The van der Waals surface area contributed by atoms with Crippen molar-refractivity contribution in [3.8, 4) is 0 Å². The highest BCUT2D eigenvalue weighted by atomic mass is 32.2. The summed E-state index contributed by atoms with van der Waals surface area (Å²) in [5.41, 5.74) is 6.79. The number of carbonyl (C=O) groups is 1. The maximum atomic E-state index is 12.1. The van der Waals surface area contributed by atoms with E-state index in [9.17, 15) is 4.79 Å². The smallest absolute Gasteiger partial charge is 0.326 e. The molecule has 2 aromatic heterocycles. The fraction of sp³-hybridized carbons (Fsp3) is 0.211. The van der Waals surface area contributed by atoms with Gasteiger partial charge in [-0.3, -0.25) is 4.98 Å². The molecule has 3 aromatic rings. The average molecular weight is 368 g/mol. The first kappa shape index (κ1) is 18.0. The number of carbonyl (C=O) groups excluding carboxylic acids is 1. The highest BCUT2D eigenvalue weighted by molar-refractivity contribution is 7.99. The van der Waals surface area contributed by atoms with Gasteiger partial charge in [0.25, 0.3) is 0 Å². The van der Waals surface area contributed by atoms with Crippen LogP contribution in [0.3, 0.4) is 0 Å².